The van der Waals surface area contributed by atoms with Gasteiger partial charge in [0.15, 0.2) is 0 Å². The first-order valence-electron chi connectivity index (χ1n) is 8.12. The van der Waals surface area contributed by atoms with Crippen molar-refractivity contribution >= 4 is 0 Å². The molecule has 3 atom stereocenters. The van der Waals surface area contributed by atoms with Crippen LogP contribution in [-0.2, 0) is 4.74 Å². The van der Waals surface area contributed by atoms with E-state index in [4.69, 9.17) is 10.6 Å². The highest BCUT2D eigenvalue weighted by Crippen LogP contribution is 2.45. The standard InChI is InChI=1S/C15H30N4O/c1-18-7-8-19(2)13(11-18)14(17-16)12-4-9-20-15(10-12)5-3-6-15/h12-14,17H,3-11,16H2,1-2H3. The van der Waals surface area contributed by atoms with Crippen LogP contribution in [0.4, 0.5) is 0 Å². The van der Waals surface area contributed by atoms with Crippen molar-refractivity contribution in [2.75, 3.05) is 40.3 Å². The van der Waals surface area contributed by atoms with E-state index in [0.717, 1.165) is 32.7 Å². The summed E-state index contributed by atoms with van der Waals surface area (Å²) in [4.78, 5) is 4.90. The van der Waals surface area contributed by atoms with Crippen LogP contribution in [0.15, 0.2) is 0 Å². The molecule has 3 unspecified atom stereocenters. The Hall–Kier alpha value is -0.200. The van der Waals surface area contributed by atoms with E-state index in [1.807, 2.05) is 0 Å². The van der Waals surface area contributed by atoms with E-state index < -0.39 is 0 Å². The predicted octanol–water partition coefficient (Wildman–Crippen LogP) is 0.413. The fourth-order valence-corrected chi connectivity index (χ4v) is 4.29. The topological polar surface area (TPSA) is 53.8 Å². The molecule has 5 heteroatoms. The molecule has 3 N–H and O–H groups in total. The second-order valence-electron chi connectivity index (χ2n) is 7.14. The number of likely N-dealkylation sites (N-methyl/N-ethyl adjacent to an activating group) is 2. The molecule has 1 spiro atoms. The van der Waals surface area contributed by atoms with Gasteiger partial charge in [-0.2, -0.15) is 0 Å². The molecule has 1 saturated carbocycles. The van der Waals surface area contributed by atoms with Gasteiger partial charge in [0.25, 0.3) is 0 Å². The smallest absolute Gasteiger partial charge is 0.0685 e. The highest BCUT2D eigenvalue weighted by Gasteiger charge is 2.46. The van der Waals surface area contributed by atoms with Gasteiger partial charge < -0.3 is 9.64 Å². The third-order valence-electron chi connectivity index (χ3n) is 5.81. The van der Waals surface area contributed by atoms with E-state index in [9.17, 15) is 0 Å². The Morgan fingerprint density at radius 2 is 2.10 bits per heavy atom. The van der Waals surface area contributed by atoms with Crippen LogP contribution in [0, 0.1) is 5.92 Å². The summed E-state index contributed by atoms with van der Waals surface area (Å²) in [5.74, 6) is 6.60. The molecule has 20 heavy (non-hydrogen) atoms. The first-order valence-corrected chi connectivity index (χ1v) is 8.12. The minimum Gasteiger partial charge on any atom is -0.375 e. The Morgan fingerprint density at radius 3 is 2.75 bits per heavy atom. The highest BCUT2D eigenvalue weighted by atomic mass is 16.5. The van der Waals surface area contributed by atoms with Crippen LogP contribution < -0.4 is 11.3 Å². The Morgan fingerprint density at radius 1 is 1.30 bits per heavy atom. The van der Waals surface area contributed by atoms with Gasteiger partial charge in [0.2, 0.25) is 0 Å². The van der Waals surface area contributed by atoms with Gasteiger partial charge in [-0.1, -0.05) is 0 Å². The van der Waals surface area contributed by atoms with E-state index in [2.05, 4.69) is 29.3 Å². The second kappa shape index (κ2) is 5.89. The molecule has 3 rings (SSSR count). The van der Waals surface area contributed by atoms with Crippen LogP contribution >= 0.6 is 0 Å². The van der Waals surface area contributed by atoms with Gasteiger partial charge in [0, 0.05) is 38.3 Å². The molecule has 2 saturated heterocycles. The number of ether oxygens (including phenoxy) is 1. The van der Waals surface area contributed by atoms with E-state index >= 15 is 0 Å². The molecule has 0 amide bonds. The first kappa shape index (κ1) is 14.7. The molecule has 0 bridgehead atoms. The second-order valence-corrected chi connectivity index (χ2v) is 7.14. The van der Waals surface area contributed by atoms with Crippen LogP contribution in [0.2, 0.25) is 0 Å². The number of rotatable bonds is 3. The van der Waals surface area contributed by atoms with E-state index in [1.165, 1.54) is 25.7 Å². The molecule has 2 aliphatic heterocycles. The molecule has 3 aliphatic rings. The van der Waals surface area contributed by atoms with Gasteiger partial charge >= 0.3 is 0 Å². The van der Waals surface area contributed by atoms with Crippen molar-refractivity contribution in [1.29, 1.82) is 0 Å². The maximum Gasteiger partial charge on any atom is 0.0685 e. The number of hydrogen-bond donors (Lipinski definition) is 2. The lowest BCUT2D eigenvalue weighted by Gasteiger charge is -2.51. The van der Waals surface area contributed by atoms with Crippen molar-refractivity contribution in [3.63, 3.8) is 0 Å². The van der Waals surface area contributed by atoms with Crippen molar-refractivity contribution in [3.05, 3.63) is 0 Å². The zero-order valence-corrected chi connectivity index (χ0v) is 13.0. The molecule has 0 aromatic carbocycles. The largest absolute Gasteiger partial charge is 0.375 e. The molecular weight excluding hydrogens is 252 g/mol. The van der Waals surface area contributed by atoms with Crippen LogP contribution in [0.5, 0.6) is 0 Å². The summed E-state index contributed by atoms with van der Waals surface area (Å²) in [6, 6.07) is 0.892. The Bertz CT molecular complexity index is 334. The maximum absolute atomic E-state index is 6.07. The third kappa shape index (κ3) is 2.74. The zero-order valence-electron chi connectivity index (χ0n) is 13.0. The van der Waals surface area contributed by atoms with Crippen LogP contribution in [0.25, 0.3) is 0 Å². The lowest BCUT2D eigenvalue weighted by Crippen LogP contribution is -2.63. The zero-order chi connectivity index (χ0) is 14.2. The molecule has 2 heterocycles. The van der Waals surface area contributed by atoms with E-state index in [1.54, 1.807) is 0 Å². The number of hydrogen-bond acceptors (Lipinski definition) is 5. The summed E-state index contributed by atoms with van der Waals surface area (Å²) in [6.45, 7) is 4.31. The van der Waals surface area contributed by atoms with Crippen molar-refractivity contribution in [3.8, 4) is 0 Å². The van der Waals surface area contributed by atoms with Gasteiger partial charge in [-0.15, -0.1) is 0 Å². The summed E-state index contributed by atoms with van der Waals surface area (Å²) in [6.07, 6.45) is 6.17. The Labute approximate surface area is 122 Å². The SMILES string of the molecule is CN1CCN(C)C(C(NN)C2CCOC3(CCC3)C2)C1. The van der Waals surface area contributed by atoms with E-state index in [0.29, 0.717) is 18.0 Å². The average molecular weight is 282 g/mol. The number of nitrogens with two attached hydrogens (primary N) is 1. The number of piperazine rings is 1. The molecule has 0 radical (unpaired) electrons. The van der Waals surface area contributed by atoms with Crippen LogP contribution in [0.1, 0.15) is 32.1 Å². The van der Waals surface area contributed by atoms with Crippen molar-refractivity contribution in [1.82, 2.24) is 15.2 Å². The quantitative estimate of drug-likeness (QED) is 0.580. The lowest BCUT2D eigenvalue weighted by molar-refractivity contribution is -0.150. The van der Waals surface area contributed by atoms with Crippen molar-refractivity contribution in [2.45, 2.75) is 49.8 Å². The maximum atomic E-state index is 6.07. The van der Waals surface area contributed by atoms with Crippen LogP contribution in [-0.4, -0.2) is 67.8 Å². The minimum atomic E-state index is 0.206. The Balaban J connectivity index is 1.68. The van der Waals surface area contributed by atoms with Gasteiger partial charge in [-0.05, 0) is 52.1 Å². The molecule has 5 nitrogen and oxygen atoms in total. The van der Waals surface area contributed by atoms with Crippen molar-refractivity contribution in [2.24, 2.45) is 11.8 Å². The summed E-state index contributed by atoms with van der Waals surface area (Å²) >= 11 is 0. The summed E-state index contributed by atoms with van der Waals surface area (Å²) in [7, 11) is 4.45. The molecule has 1 aliphatic carbocycles. The monoisotopic (exact) mass is 282 g/mol. The molecule has 0 aromatic heterocycles. The minimum absolute atomic E-state index is 0.206. The third-order valence-corrected chi connectivity index (χ3v) is 5.81. The van der Waals surface area contributed by atoms with Crippen molar-refractivity contribution < 1.29 is 4.74 Å². The predicted molar refractivity (Wildman–Crippen MR) is 80.3 cm³/mol. The normalized spacial score (nSPS) is 36.8. The number of nitrogens with one attached hydrogen (secondary N) is 1. The molecular formula is C15H30N4O. The van der Waals surface area contributed by atoms with Gasteiger partial charge in [0.05, 0.1) is 5.60 Å². The number of hydrazine groups is 1. The summed E-state index contributed by atoms with van der Waals surface area (Å²) in [5, 5.41) is 0. The fraction of sp³-hybridized carbons (Fsp3) is 1.00. The Kier molecular flexibility index (Phi) is 4.34. The van der Waals surface area contributed by atoms with Gasteiger partial charge in [-0.3, -0.25) is 16.2 Å². The lowest BCUT2D eigenvalue weighted by atomic mass is 9.69. The van der Waals surface area contributed by atoms with Crippen LogP contribution in [0.3, 0.4) is 0 Å². The molecule has 0 aromatic rings. The number of nitrogens with zero attached hydrogens (tertiary/aromatic N) is 2. The fourth-order valence-electron chi connectivity index (χ4n) is 4.29. The average Bonchev–Trinajstić information content (AvgIpc) is 2.42. The summed E-state index contributed by atoms with van der Waals surface area (Å²) in [5.41, 5.74) is 3.36. The molecule has 116 valence electrons. The van der Waals surface area contributed by atoms with Gasteiger partial charge in [0.1, 0.15) is 0 Å². The molecule has 3 fully saturated rings. The first-order chi connectivity index (χ1) is 9.63. The summed E-state index contributed by atoms with van der Waals surface area (Å²) < 4.78 is 6.07. The highest BCUT2D eigenvalue weighted by molar-refractivity contribution is 5.00. The van der Waals surface area contributed by atoms with Gasteiger partial charge in [-0.25, -0.2) is 0 Å². The van der Waals surface area contributed by atoms with E-state index in [-0.39, 0.29) is 5.60 Å².